The van der Waals surface area contributed by atoms with Crippen LogP contribution in [0, 0.1) is 5.82 Å². The molecule has 0 unspecified atom stereocenters. The molecule has 1 saturated heterocycles. The Balaban J connectivity index is 1.32. The Morgan fingerprint density at radius 3 is 2.34 bits per heavy atom. The zero-order valence-corrected chi connectivity index (χ0v) is 18.8. The number of rotatable bonds is 5. The van der Waals surface area contributed by atoms with Crippen molar-refractivity contribution in [2.45, 2.75) is 17.7 Å². The molecule has 8 heteroatoms. The number of benzene rings is 2. The lowest BCUT2D eigenvalue weighted by atomic mass is 9.99. The number of nitrogens with zero attached hydrogens (tertiary/aromatic N) is 3. The largest absolute Gasteiger partial charge is 0.338 e. The molecule has 4 rings (SSSR count). The van der Waals surface area contributed by atoms with E-state index in [0.717, 1.165) is 18.6 Å². The molecule has 0 aromatic heterocycles. The second kappa shape index (κ2) is 9.94. The van der Waals surface area contributed by atoms with Crippen molar-refractivity contribution in [3.05, 3.63) is 72.1 Å². The number of carbonyl (C=O) groups is 1. The van der Waals surface area contributed by atoms with Gasteiger partial charge < -0.3 is 4.90 Å². The smallest absolute Gasteiger partial charge is 0.243 e. The van der Waals surface area contributed by atoms with Crippen LogP contribution in [-0.2, 0) is 14.8 Å². The van der Waals surface area contributed by atoms with Gasteiger partial charge in [-0.3, -0.25) is 9.69 Å². The Bertz CT molecular complexity index is 1070. The fraction of sp³-hybridized carbons (Fsp3) is 0.375. The van der Waals surface area contributed by atoms with Gasteiger partial charge in [0, 0.05) is 32.7 Å². The summed E-state index contributed by atoms with van der Waals surface area (Å²) in [5.41, 5.74) is 2.47. The summed E-state index contributed by atoms with van der Waals surface area (Å²) in [6.45, 7) is 3.44. The van der Waals surface area contributed by atoms with Crippen LogP contribution in [0.3, 0.4) is 0 Å². The SMILES string of the molecule is O=C(CN1CCCN(S(=O)(=O)c2ccc(F)cc2)CC1)N1CC=C(c2ccccc2)CC1. The third kappa shape index (κ3) is 5.26. The van der Waals surface area contributed by atoms with Gasteiger partial charge in [-0.05, 0) is 54.8 Å². The molecule has 0 spiro atoms. The van der Waals surface area contributed by atoms with Crippen LogP contribution < -0.4 is 0 Å². The molecule has 0 saturated carbocycles. The van der Waals surface area contributed by atoms with E-state index in [-0.39, 0.29) is 10.8 Å². The van der Waals surface area contributed by atoms with Gasteiger partial charge >= 0.3 is 0 Å². The van der Waals surface area contributed by atoms with Gasteiger partial charge in [-0.15, -0.1) is 0 Å². The van der Waals surface area contributed by atoms with Crippen molar-refractivity contribution >= 4 is 21.5 Å². The van der Waals surface area contributed by atoms with Crippen molar-refractivity contribution < 1.29 is 17.6 Å². The molecule has 32 heavy (non-hydrogen) atoms. The molecule has 2 heterocycles. The minimum absolute atomic E-state index is 0.0724. The molecule has 1 fully saturated rings. The van der Waals surface area contributed by atoms with E-state index in [1.165, 1.54) is 27.6 Å². The molecule has 0 radical (unpaired) electrons. The third-order valence-electron chi connectivity index (χ3n) is 6.06. The number of hydrogen-bond acceptors (Lipinski definition) is 4. The normalized spacial score (nSPS) is 18.8. The maximum atomic E-state index is 13.2. The van der Waals surface area contributed by atoms with E-state index in [9.17, 15) is 17.6 Å². The maximum Gasteiger partial charge on any atom is 0.243 e. The number of halogens is 1. The summed E-state index contributed by atoms with van der Waals surface area (Å²) in [6.07, 6.45) is 3.60. The fourth-order valence-corrected chi connectivity index (χ4v) is 5.67. The van der Waals surface area contributed by atoms with Crippen molar-refractivity contribution in [3.63, 3.8) is 0 Å². The molecule has 170 valence electrons. The van der Waals surface area contributed by atoms with Gasteiger partial charge in [0.25, 0.3) is 0 Å². The average Bonchev–Trinajstić information content (AvgIpc) is 3.06. The Morgan fingerprint density at radius 2 is 1.66 bits per heavy atom. The molecule has 0 bridgehead atoms. The molecule has 0 atom stereocenters. The summed E-state index contributed by atoms with van der Waals surface area (Å²) in [6, 6.07) is 15.1. The van der Waals surface area contributed by atoms with Crippen LogP contribution in [0.1, 0.15) is 18.4 Å². The number of carbonyl (C=O) groups excluding carboxylic acids is 1. The molecular weight excluding hydrogens is 429 g/mol. The summed E-state index contributed by atoms with van der Waals surface area (Å²) < 4.78 is 40.3. The molecule has 0 aliphatic carbocycles. The predicted molar refractivity (Wildman–Crippen MR) is 122 cm³/mol. The van der Waals surface area contributed by atoms with Crippen molar-refractivity contribution in [1.29, 1.82) is 0 Å². The van der Waals surface area contributed by atoms with Gasteiger partial charge in [0.2, 0.25) is 15.9 Å². The van der Waals surface area contributed by atoms with Crippen LogP contribution in [0.15, 0.2) is 65.6 Å². The average molecular weight is 458 g/mol. The van der Waals surface area contributed by atoms with E-state index in [1.54, 1.807) is 0 Å². The van der Waals surface area contributed by atoms with Crippen LogP contribution in [0.5, 0.6) is 0 Å². The quantitative estimate of drug-likeness (QED) is 0.693. The van der Waals surface area contributed by atoms with Gasteiger partial charge in [0.1, 0.15) is 5.82 Å². The van der Waals surface area contributed by atoms with Crippen LogP contribution >= 0.6 is 0 Å². The highest BCUT2D eigenvalue weighted by Crippen LogP contribution is 2.22. The monoisotopic (exact) mass is 457 g/mol. The van der Waals surface area contributed by atoms with Crippen LogP contribution in [0.4, 0.5) is 4.39 Å². The van der Waals surface area contributed by atoms with Gasteiger partial charge in [-0.1, -0.05) is 36.4 Å². The first kappa shape index (κ1) is 22.6. The van der Waals surface area contributed by atoms with Crippen LogP contribution in [0.25, 0.3) is 5.57 Å². The second-order valence-corrected chi connectivity index (χ2v) is 10.1. The highest BCUT2D eigenvalue weighted by molar-refractivity contribution is 7.89. The molecular formula is C24H28FN3O3S. The van der Waals surface area contributed by atoms with Crippen LogP contribution in [-0.4, -0.2) is 74.2 Å². The second-order valence-electron chi connectivity index (χ2n) is 8.17. The zero-order valence-electron chi connectivity index (χ0n) is 18.0. The molecule has 6 nitrogen and oxygen atoms in total. The van der Waals surface area contributed by atoms with E-state index in [2.05, 4.69) is 18.2 Å². The molecule has 2 aromatic rings. The Hall–Kier alpha value is -2.55. The molecule has 2 aromatic carbocycles. The maximum absolute atomic E-state index is 13.2. The van der Waals surface area contributed by atoms with E-state index < -0.39 is 15.8 Å². The number of hydrogen-bond donors (Lipinski definition) is 0. The predicted octanol–water partition coefficient (Wildman–Crippen LogP) is 2.84. The Labute approximate surface area is 189 Å². The fourth-order valence-electron chi connectivity index (χ4n) is 4.20. The standard InChI is InChI=1S/C24H28FN3O3S/c25-22-7-9-23(10-8-22)32(30,31)28-14-4-13-26(17-18-28)19-24(29)27-15-11-21(12-16-27)20-5-2-1-3-6-20/h1-3,5-11H,4,12-19H2. The summed E-state index contributed by atoms with van der Waals surface area (Å²) in [5, 5.41) is 0. The highest BCUT2D eigenvalue weighted by Gasteiger charge is 2.28. The van der Waals surface area contributed by atoms with Crippen LogP contribution in [0.2, 0.25) is 0 Å². The van der Waals surface area contributed by atoms with Crippen molar-refractivity contribution in [1.82, 2.24) is 14.1 Å². The lowest BCUT2D eigenvalue weighted by Gasteiger charge is -2.29. The summed E-state index contributed by atoms with van der Waals surface area (Å²) in [4.78, 5) is 16.8. The van der Waals surface area contributed by atoms with Crippen molar-refractivity contribution in [3.8, 4) is 0 Å². The van der Waals surface area contributed by atoms with Crippen molar-refractivity contribution in [2.24, 2.45) is 0 Å². The number of sulfonamides is 1. The topological polar surface area (TPSA) is 60.9 Å². The molecule has 2 aliphatic heterocycles. The zero-order chi connectivity index (χ0) is 22.6. The first-order valence-electron chi connectivity index (χ1n) is 10.9. The first-order chi connectivity index (χ1) is 15.4. The lowest BCUT2D eigenvalue weighted by molar-refractivity contribution is -0.132. The summed E-state index contributed by atoms with van der Waals surface area (Å²) >= 11 is 0. The van der Waals surface area contributed by atoms with E-state index in [1.807, 2.05) is 28.0 Å². The molecule has 1 amide bonds. The van der Waals surface area contributed by atoms with Gasteiger partial charge in [0.05, 0.1) is 11.4 Å². The minimum atomic E-state index is -3.67. The Kier molecular flexibility index (Phi) is 7.03. The minimum Gasteiger partial charge on any atom is -0.338 e. The lowest BCUT2D eigenvalue weighted by Crippen LogP contribution is -2.43. The third-order valence-corrected chi connectivity index (χ3v) is 7.98. The van der Waals surface area contributed by atoms with E-state index >= 15 is 0 Å². The Morgan fingerprint density at radius 1 is 0.906 bits per heavy atom. The van der Waals surface area contributed by atoms with Crippen molar-refractivity contribution in [2.75, 3.05) is 45.8 Å². The first-order valence-corrected chi connectivity index (χ1v) is 12.4. The van der Waals surface area contributed by atoms with E-state index in [4.69, 9.17) is 0 Å². The molecule has 2 aliphatic rings. The van der Waals surface area contributed by atoms with Gasteiger partial charge in [0.15, 0.2) is 0 Å². The van der Waals surface area contributed by atoms with E-state index in [0.29, 0.717) is 52.2 Å². The van der Waals surface area contributed by atoms with Gasteiger partial charge in [-0.2, -0.15) is 4.31 Å². The summed E-state index contributed by atoms with van der Waals surface area (Å²) in [5.74, 6) is -0.392. The molecule has 0 N–H and O–H groups in total. The highest BCUT2D eigenvalue weighted by atomic mass is 32.2. The van der Waals surface area contributed by atoms with Gasteiger partial charge in [-0.25, -0.2) is 12.8 Å². The summed E-state index contributed by atoms with van der Waals surface area (Å²) in [7, 11) is -3.67. The number of amides is 1.